The number of hydrogen-bond acceptors (Lipinski definition) is 3. The second-order valence-electron chi connectivity index (χ2n) is 5.03. The molecule has 0 spiro atoms. The zero-order valence-corrected chi connectivity index (χ0v) is 12.5. The predicted octanol–water partition coefficient (Wildman–Crippen LogP) is 2.75. The number of nitrogens with two attached hydrogens (primary N) is 1. The van der Waals surface area contributed by atoms with Gasteiger partial charge in [-0.3, -0.25) is 4.68 Å². The van der Waals surface area contributed by atoms with Crippen LogP contribution in [0.15, 0.2) is 24.3 Å². The molecule has 0 aliphatic rings. The van der Waals surface area contributed by atoms with Crippen molar-refractivity contribution in [3.05, 3.63) is 41.1 Å². The Hall–Kier alpha value is -1.97. The van der Waals surface area contributed by atoms with Gasteiger partial charge in [-0.05, 0) is 37.0 Å². The first-order valence-electron chi connectivity index (χ1n) is 7.08. The Kier molecular flexibility index (Phi) is 4.66. The number of nitrogen functional groups attached to an aromatic ring is 1. The van der Waals surface area contributed by atoms with E-state index in [0.717, 1.165) is 42.9 Å². The van der Waals surface area contributed by atoms with Crippen LogP contribution in [0.25, 0.3) is 0 Å². The lowest BCUT2D eigenvalue weighted by Crippen LogP contribution is -1.99. The minimum Gasteiger partial charge on any atom is -0.497 e. The lowest BCUT2D eigenvalue weighted by atomic mass is 10.0. The summed E-state index contributed by atoms with van der Waals surface area (Å²) in [6.07, 6.45) is 3.98. The Morgan fingerprint density at radius 3 is 2.45 bits per heavy atom. The second kappa shape index (κ2) is 6.46. The molecule has 108 valence electrons. The molecule has 0 fully saturated rings. The van der Waals surface area contributed by atoms with Crippen LogP contribution < -0.4 is 10.5 Å². The molecule has 4 heteroatoms. The van der Waals surface area contributed by atoms with Crippen molar-refractivity contribution in [2.24, 2.45) is 7.05 Å². The number of aromatic nitrogens is 2. The number of anilines is 1. The molecule has 0 saturated carbocycles. The van der Waals surface area contributed by atoms with Crippen molar-refractivity contribution in [1.29, 1.82) is 0 Å². The smallest absolute Gasteiger partial charge is 0.124 e. The van der Waals surface area contributed by atoms with Gasteiger partial charge in [0.1, 0.15) is 11.6 Å². The van der Waals surface area contributed by atoms with Crippen LogP contribution in [-0.2, 0) is 26.3 Å². The third-order valence-electron chi connectivity index (χ3n) is 3.59. The molecule has 0 bridgehead atoms. The van der Waals surface area contributed by atoms with Crippen LogP contribution in [-0.4, -0.2) is 16.9 Å². The summed E-state index contributed by atoms with van der Waals surface area (Å²) in [4.78, 5) is 0. The van der Waals surface area contributed by atoms with Gasteiger partial charge in [0.05, 0.1) is 12.8 Å². The molecule has 0 saturated heterocycles. The van der Waals surface area contributed by atoms with Gasteiger partial charge >= 0.3 is 0 Å². The van der Waals surface area contributed by atoms with Crippen LogP contribution in [0.4, 0.5) is 5.82 Å². The first-order valence-corrected chi connectivity index (χ1v) is 7.08. The molecule has 0 aliphatic heterocycles. The molecule has 2 rings (SSSR count). The first kappa shape index (κ1) is 14.4. The predicted molar refractivity (Wildman–Crippen MR) is 82.0 cm³/mol. The van der Waals surface area contributed by atoms with E-state index in [1.165, 1.54) is 11.1 Å². The molecular formula is C16H23N3O. The van der Waals surface area contributed by atoms with Gasteiger partial charge in [0.15, 0.2) is 0 Å². The van der Waals surface area contributed by atoms with E-state index in [-0.39, 0.29) is 0 Å². The minimum atomic E-state index is 0.802. The van der Waals surface area contributed by atoms with Crippen LogP contribution in [0.2, 0.25) is 0 Å². The van der Waals surface area contributed by atoms with Gasteiger partial charge in [-0.15, -0.1) is 0 Å². The third-order valence-corrected chi connectivity index (χ3v) is 3.59. The van der Waals surface area contributed by atoms with Crippen molar-refractivity contribution >= 4 is 5.82 Å². The van der Waals surface area contributed by atoms with E-state index in [2.05, 4.69) is 24.2 Å². The highest BCUT2D eigenvalue weighted by Crippen LogP contribution is 2.20. The Labute approximate surface area is 120 Å². The van der Waals surface area contributed by atoms with E-state index in [1.54, 1.807) is 11.8 Å². The molecule has 1 aromatic carbocycles. The summed E-state index contributed by atoms with van der Waals surface area (Å²) in [5.74, 6) is 1.69. The van der Waals surface area contributed by atoms with E-state index < -0.39 is 0 Å². The SMILES string of the molecule is CCCc1c(CCc2ccc(OC)cc2)nn(C)c1N. The molecule has 20 heavy (non-hydrogen) atoms. The summed E-state index contributed by atoms with van der Waals surface area (Å²) in [6, 6.07) is 8.19. The van der Waals surface area contributed by atoms with E-state index in [9.17, 15) is 0 Å². The molecule has 0 atom stereocenters. The maximum Gasteiger partial charge on any atom is 0.124 e. The lowest BCUT2D eigenvalue weighted by Gasteiger charge is -2.04. The second-order valence-corrected chi connectivity index (χ2v) is 5.03. The van der Waals surface area contributed by atoms with Crippen molar-refractivity contribution in [1.82, 2.24) is 9.78 Å². The first-order chi connectivity index (χ1) is 9.65. The van der Waals surface area contributed by atoms with Crippen LogP contribution in [0.3, 0.4) is 0 Å². The summed E-state index contributed by atoms with van der Waals surface area (Å²) in [5.41, 5.74) is 9.71. The van der Waals surface area contributed by atoms with E-state index in [0.29, 0.717) is 0 Å². The van der Waals surface area contributed by atoms with E-state index in [4.69, 9.17) is 10.5 Å². The Morgan fingerprint density at radius 2 is 1.85 bits per heavy atom. The van der Waals surface area contributed by atoms with Crippen molar-refractivity contribution in [3.8, 4) is 5.75 Å². The highest BCUT2D eigenvalue weighted by molar-refractivity contribution is 5.43. The fourth-order valence-corrected chi connectivity index (χ4v) is 2.42. The topological polar surface area (TPSA) is 53.1 Å². The maximum atomic E-state index is 6.08. The van der Waals surface area contributed by atoms with Gasteiger partial charge in [0.2, 0.25) is 0 Å². The standard InChI is InChI=1S/C16H23N3O/c1-4-5-14-15(18-19(2)16(14)17)11-8-12-6-9-13(20-3)10-7-12/h6-7,9-10H,4-5,8,11,17H2,1-3H3. The third kappa shape index (κ3) is 3.13. The Balaban J connectivity index is 2.07. The van der Waals surface area contributed by atoms with E-state index in [1.807, 2.05) is 19.2 Å². The number of rotatable bonds is 6. The molecule has 0 amide bonds. The maximum absolute atomic E-state index is 6.08. The molecule has 1 aromatic heterocycles. The summed E-state index contributed by atoms with van der Waals surface area (Å²) >= 11 is 0. The molecule has 4 nitrogen and oxygen atoms in total. The Bertz CT molecular complexity index is 558. The highest BCUT2D eigenvalue weighted by atomic mass is 16.5. The van der Waals surface area contributed by atoms with E-state index >= 15 is 0 Å². The summed E-state index contributed by atoms with van der Waals surface area (Å²) in [6.45, 7) is 2.17. The number of nitrogens with zero attached hydrogens (tertiary/aromatic N) is 2. The van der Waals surface area contributed by atoms with Gasteiger partial charge in [0, 0.05) is 12.6 Å². The van der Waals surface area contributed by atoms with Crippen molar-refractivity contribution < 1.29 is 4.74 Å². The molecule has 1 heterocycles. The summed E-state index contributed by atoms with van der Waals surface area (Å²) in [7, 11) is 3.59. The van der Waals surface area contributed by atoms with Crippen molar-refractivity contribution in [2.75, 3.05) is 12.8 Å². The zero-order chi connectivity index (χ0) is 14.5. The summed E-state index contributed by atoms with van der Waals surface area (Å²) in [5, 5.41) is 4.54. The van der Waals surface area contributed by atoms with Gasteiger partial charge in [0.25, 0.3) is 0 Å². The van der Waals surface area contributed by atoms with Gasteiger partial charge in [-0.25, -0.2) is 0 Å². The van der Waals surface area contributed by atoms with Gasteiger partial charge < -0.3 is 10.5 Å². The van der Waals surface area contributed by atoms with Crippen LogP contribution in [0, 0.1) is 0 Å². The van der Waals surface area contributed by atoms with Crippen LogP contribution in [0.5, 0.6) is 5.75 Å². The minimum absolute atomic E-state index is 0.802. The average molecular weight is 273 g/mol. The fraction of sp³-hybridized carbons (Fsp3) is 0.438. The fourth-order valence-electron chi connectivity index (χ4n) is 2.42. The highest BCUT2D eigenvalue weighted by Gasteiger charge is 2.12. The molecule has 2 aromatic rings. The number of benzene rings is 1. The number of methoxy groups -OCH3 is 1. The largest absolute Gasteiger partial charge is 0.497 e. The lowest BCUT2D eigenvalue weighted by molar-refractivity contribution is 0.414. The average Bonchev–Trinajstić information content (AvgIpc) is 2.74. The normalized spacial score (nSPS) is 10.8. The van der Waals surface area contributed by atoms with Gasteiger partial charge in [-0.2, -0.15) is 5.10 Å². The molecule has 0 aliphatic carbocycles. The quantitative estimate of drug-likeness (QED) is 0.880. The number of aryl methyl sites for hydroxylation is 3. The molecule has 2 N–H and O–H groups in total. The number of hydrogen-bond donors (Lipinski definition) is 1. The summed E-state index contributed by atoms with van der Waals surface area (Å²) < 4.78 is 6.96. The molecule has 0 radical (unpaired) electrons. The molecular weight excluding hydrogens is 250 g/mol. The van der Waals surface area contributed by atoms with Gasteiger partial charge in [-0.1, -0.05) is 25.5 Å². The number of ether oxygens (including phenoxy) is 1. The molecule has 0 unspecified atom stereocenters. The monoisotopic (exact) mass is 273 g/mol. The van der Waals surface area contributed by atoms with Crippen LogP contribution in [0.1, 0.15) is 30.2 Å². The van der Waals surface area contributed by atoms with Crippen LogP contribution >= 0.6 is 0 Å². The van der Waals surface area contributed by atoms with Crippen molar-refractivity contribution in [2.45, 2.75) is 32.6 Å². The zero-order valence-electron chi connectivity index (χ0n) is 12.5. The Morgan fingerprint density at radius 1 is 1.15 bits per heavy atom. The van der Waals surface area contributed by atoms with Crippen molar-refractivity contribution in [3.63, 3.8) is 0 Å².